The molecule has 0 aliphatic carbocycles. The highest BCUT2D eigenvalue weighted by Gasteiger charge is 2.73. The number of aliphatic hydroxyl groups is 1. The first-order chi connectivity index (χ1) is 18.0. The van der Waals surface area contributed by atoms with E-state index in [9.17, 15) is 50.0 Å². The first kappa shape index (κ1) is 29.6. The second-order valence-electron chi connectivity index (χ2n) is 7.56. The minimum absolute atomic E-state index is 0.0211. The second kappa shape index (κ2) is 10.7. The Kier molecular flexibility index (Phi) is 8.10. The van der Waals surface area contributed by atoms with E-state index in [4.69, 9.17) is 5.11 Å². The number of amides is 1. The molecular formula is C19H13F8N7O4S. The highest BCUT2D eigenvalue weighted by Crippen LogP contribution is 2.51. The van der Waals surface area contributed by atoms with Gasteiger partial charge < -0.3 is 10.4 Å². The molecule has 20 heteroatoms. The van der Waals surface area contributed by atoms with Crippen molar-refractivity contribution in [2.45, 2.75) is 41.5 Å². The Morgan fingerprint density at radius 1 is 1.18 bits per heavy atom. The molecule has 2 aromatic heterocycles. The van der Waals surface area contributed by atoms with Crippen molar-refractivity contribution >= 4 is 29.2 Å². The van der Waals surface area contributed by atoms with Gasteiger partial charge in [0, 0.05) is 28.3 Å². The van der Waals surface area contributed by atoms with Crippen molar-refractivity contribution in [3.8, 4) is 0 Å². The van der Waals surface area contributed by atoms with E-state index >= 15 is 0 Å². The number of nitrogens with one attached hydrogen (secondary N) is 1. The van der Waals surface area contributed by atoms with Gasteiger partial charge in [0.05, 0.1) is 23.6 Å². The molecule has 0 unspecified atom stereocenters. The number of nitro benzene ring substituents is 1. The molecule has 1 amide bonds. The van der Waals surface area contributed by atoms with Crippen molar-refractivity contribution in [2.24, 2.45) is 0 Å². The Morgan fingerprint density at radius 2 is 1.85 bits per heavy atom. The van der Waals surface area contributed by atoms with Crippen molar-refractivity contribution in [3.63, 3.8) is 0 Å². The van der Waals surface area contributed by atoms with Gasteiger partial charge >= 0.3 is 18.0 Å². The van der Waals surface area contributed by atoms with Gasteiger partial charge in [-0.05, 0) is 41.2 Å². The summed E-state index contributed by atoms with van der Waals surface area (Å²) in [4.78, 5) is 26.5. The fourth-order valence-electron chi connectivity index (χ4n) is 2.97. The summed E-state index contributed by atoms with van der Waals surface area (Å²) in [5.41, 5.74) is -3.10. The number of rotatable bonds is 9. The van der Waals surface area contributed by atoms with Crippen LogP contribution in [-0.4, -0.2) is 59.8 Å². The van der Waals surface area contributed by atoms with Crippen LogP contribution < -0.4 is 5.32 Å². The largest absolute Gasteiger partial charge is 0.460 e. The van der Waals surface area contributed by atoms with Gasteiger partial charge in [-0.25, -0.2) is 14.1 Å². The van der Waals surface area contributed by atoms with Crippen LogP contribution in [0.3, 0.4) is 0 Å². The molecule has 0 spiro atoms. The fourth-order valence-corrected chi connectivity index (χ4v) is 3.97. The number of anilines is 1. The number of alkyl halides is 7. The standard InChI is InChI=1S/C19H13F8N7O4S/c1-8-4-13(39-16-30-31-32-33(16)2-3-35)10(6-12(8)34(37)38)15(36)29-14-11(20)5-9(7-28-14)17(21,22)18(23,24)19(25,26)27/h4-7,35H,2-3H2,1H3,(H,28,29,36). The van der Waals surface area contributed by atoms with Crippen LogP contribution in [0.15, 0.2) is 34.4 Å². The number of hydrogen-bond donors (Lipinski definition) is 2. The molecule has 0 aliphatic heterocycles. The van der Waals surface area contributed by atoms with E-state index in [1.54, 1.807) is 5.32 Å². The van der Waals surface area contributed by atoms with Crippen LogP contribution in [0, 0.1) is 22.9 Å². The predicted octanol–water partition coefficient (Wildman–Crippen LogP) is 4.11. The maximum atomic E-state index is 14.5. The van der Waals surface area contributed by atoms with Gasteiger partial charge in [0.25, 0.3) is 11.6 Å². The van der Waals surface area contributed by atoms with Gasteiger partial charge in [0.15, 0.2) is 11.6 Å². The second-order valence-corrected chi connectivity index (χ2v) is 8.57. The minimum atomic E-state index is -6.68. The number of hydrogen-bond acceptors (Lipinski definition) is 9. The zero-order valence-electron chi connectivity index (χ0n) is 19.0. The molecule has 39 heavy (non-hydrogen) atoms. The molecule has 0 saturated carbocycles. The number of carbonyl (C=O) groups excluding carboxylic acids is 1. The number of carbonyl (C=O) groups is 1. The zero-order chi connectivity index (χ0) is 29.3. The summed E-state index contributed by atoms with van der Waals surface area (Å²) in [5, 5.41) is 33.0. The Balaban J connectivity index is 1.99. The van der Waals surface area contributed by atoms with Crippen molar-refractivity contribution < 1.29 is 49.9 Å². The number of benzene rings is 1. The van der Waals surface area contributed by atoms with Crippen molar-refractivity contribution in [1.82, 2.24) is 25.2 Å². The number of aryl methyl sites for hydroxylation is 1. The molecule has 3 rings (SSSR count). The van der Waals surface area contributed by atoms with Crippen LogP contribution in [0.25, 0.3) is 0 Å². The van der Waals surface area contributed by atoms with Crippen LogP contribution in [0.1, 0.15) is 21.5 Å². The fraction of sp³-hybridized carbons (Fsp3) is 0.316. The minimum Gasteiger partial charge on any atom is -0.394 e. The number of pyridine rings is 1. The first-order valence-electron chi connectivity index (χ1n) is 10.1. The molecule has 0 saturated heterocycles. The lowest BCUT2D eigenvalue weighted by Crippen LogP contribution is -2.50. The monoisotopic (exact) mass is 587 g/mol. The zero-order valence-corrected chi connectivity index (χ0v) is 19.8. The molecule has 0 aliphatic rings. The van der Waals surface area contributed by atoms with Gasteiger partial charge in [-0.1, -0.05) is 0 Å². The van der Waals surface area contributed by atoms with E-state index in [-0.39, 0.29) is 41.0 Å². The molecule has 0 radical (unpaired) electrons. The van der Waals surface area contributed by atoms with Crippen LogP contribution in [0.4, 0.5) is 46.6 Å². The Morgan fingerprint density at radius 3 is 2.41 bits per heavy atom. The average Bonchev–Trinajstić information content (AvgIpc) is 3.26. The SMILES string of the molecule is Cc1cc(Sc2nnnn2CCO)c(C(=O)Nc2ncc(C(F)(F)C(F)(F)C(F)(F)F)cc2F)cc1[N+](=O)[O-]. The normalized spacial score (nSPS) is 12.5. The summed E-state index contributed by atoms with van der Waals surface area (Å²) >= 11 is 0.705. The van der Waals surface area contributed by atoms with Gasteiger partial charge in [0.1, 0.15) is 0 Å². The maximum absolute atomic E-state index is 14.5. The van der Waals surface area contributed by atoms with Crippen molar-refractivity contribution in [3.05, 3.63) is 57.0 Å². The summed E-state index contributed by atoms with van der Waals surface area (Å²) in [6.45, 7) is 0.889. The average molecular weight is 587 g/mol. The summed E-state index contributed by atoms with van der Waals surface area (Å²) < 4.78 is 107. The molecule has 0 atom stereocenters. The number of aromatic nitrogens is 5. The molecule has 3 aromatic rings. The van der Waals surface area contributed by atoms with E-state index in [0.717, 1.165) is 10.7 Å². The van der Waals surface area contributed by atoms with Gasteiger partial charge in [-0.15, -0.1) is 5.10 Å². The molecule has 0 fully saturated rings. The molecule has 11 nitrogen and oxygen atoms in total. The number of nitro groups is 1. The molecule has 2 heterocycles. The smallest absolute Gasteiger partial charge is 0.394 e. The number of tetrazole rings is 1. The lowest BCUT2D eigenvalue weighted by Gasteiger charge is -2.28. The summed E-state index contributed by atoms with van der Waals surface area (Å²) in [6.07, 6.45) is -6.86. The highest BCUT2D eigenvalue weighted by molar-refractivity contribution is 7.99. The van der Waals surface area contributed by atoms with Crippen LogP contribution >= 0.6 is 11.8 Å². The number of aliphatic hydroxyl groups excluding tert-OH is 1. The topological polar surface area (TPSA) is 149 Å². The van der Waals surface area contributed by atoms with E-state index in [0.29, 0.717) is 11.8 Å². The van der Waals surface area contributed by atoms with Gasteiger partial charge in [0.2, 0.25) is 5.16 Å². The Bertz CT molecular complexity index is 1420. The van der Waals surface area contributed by atoms with Gasteiger partial charge in [-0.3, -0.25) is 14.9 Å². The maximum Gasteiger partial charge on any atom is 0.460 e. The first-order valence-corrected chi connectivity index (χ1v) is 11.0. The van der Waals surface area contributed by atoms with Crippen molar-refractivity contribution in [1.29, 1.82) is 0 Å². The lowest BCUT2D eigenvalue weighted by molar-refractivity contribution is -0.385. The van der Waals surface area contributed by atoms with E-state index < -0.39 is 57.3 Å². The van der Waals surface area contributed by atoms with E-state index in [1.165, 1.54) is 13.0 Å². The van der Waals surface area contributed by atoms with Crippen LogP contribution in [0.2, 0.25) is 0 Å². The number of nitrogens with zero attached hydrogens (tertiary/aromatic N) is 6. The Labute approximate surface area is 215 Å². The molecule has 0 bridgehead atoms. The molecular weight excluding hydrogens is 574 g/mol. The third kappa shape index (κ3) is 5.75. The third-order valence-electron chi connectivity index (χ3n) is 4.94. The van der Waals surface area contributed by atoms with Gasteiger partial charge in [-0.2, -0.15) is 30.7 Å². The predicted molar refractivity (Wildman–Crippen MR) is 114 cm³/mol. The van der Waals surface area contributed by atoms with Crippen LogP contribution in [0.5, 0.6) is 0 Å². The molecule has 2 N–H and O–H groups in total. The Hall–Kier alpha value is -3.94. The lowest BCUT2D eigenvalue weighted by atomic mass is 10.0. The van der Waals surface area contributed by atoms with Crippen molar-refractivity contribution in [2.75, 3.05) is 11.9 Å². The summed E-state index contributed by atoms with van der Waals surface area (Å²) in [7, 11) is 0. The molecule has 210 valence electrons. The quantitative estimate of drug-likeness (QED) is 0.214. The van der Waals surface area contributed by atoms with E-state index in [2.05, 4.69) is 20.5 Å². The van der Waals surface area contributed by atoms with Crippen LogP contribution in [-0.2, 0) is 12.5 Å². The summed E-state index contributed by atoms with van der Waals surface area (Å²) in [5.74, 6) is -16.8. The molecule has 1 aromatic carbocycles. The number of halogens is 8. The third-order valence-corrected chi connectivity index (χ3v) is 5.97. The highest BCUT2D eigenvalue weighted by atomic mass is 32.2. The summed E-state index contributed by atoms with van der Waals surface area (Å²) in [6, 6.07) is 1.61. The van der Waals surface area contributed by atoms with E-state index in [1.807, 2.05) is 0 Å².